The summed E-state index contributed by atoms with van der Waals surface area (Å²) in [5.74, 6) is -1.12. The number of aliphatic hydroxyl groups excluding tert-OH is 1. The predicted octanol–water partition coefficient (Wildman–Crippen LogP) is 2.70. The third-order valence-electron chi connectivity index (χ3n) is 5.05. The van der Waals surface area contributed by atoms with Gasteiger partial charge in [0.25, 0.3) is 0 Å². The number of carbonyl (C=O) groups is 2. The van der Waals surface area contributed by atoms with Crippen LogP contribution in [-0.2, 0) is 16.1 Å². The molecule has 1 aliphatic rings. The number of halogens is 2. The van der Waals surface area contributed by atoms with Crippen molar-refractivity contribution in [1.82, 2.24) is 10.6 Å². The van der Waals surface area contributed by atoms with Gasteiger partial charge in [0.1, 0.15) is 17.7 Å². The lowest BCUT2D eigenvalue weighted by atomic mass is 9.97. The molecule has 2 aromatic carbocycles. The molecule has 7 nitrogen and oxygen atoms in total. The van der Waals surface area contributed by atoms with Gasteiger partial charge in [-0.1, -0.05) is 24.3 Å². The van der Waals surface area contributed by atoms with Crippen molar-refractivity contribution in [3.63, 3.8) is 0 Å². The number of urea groups is 1. The molecule has 0 saturated carbocycles. The van der Waals surface area contributed by atoms with E-state index in [4.69, 9.17) is 4.74 Å². The maximum absolute atomic E-state index is 13.7. The first kappa shape index (κ1) is 22.6. The minimum absolute atomic E-state index is 0.0491. The van der Waals surface area contributed by atoms with Crippen LogP contribution in [0.2, 0.25) is 0 Å². The van der Waals surface area contributed by atoms with Gasteiger partial charge in [0.05, 0.1) is 30.9 Å². The van der Waals surface area contributed by atoms with Crippen molar-refractivity contribution in [1.29, 1.82) is 0 Å². The van der Waals surface area contributed by atoms with E-state index in [0.29, 0.717) is 12.8 Å². The van der Waals surface area contributed by atoms with E-state index in [0.717, 1.165) is 5.56 Å². The highest BCUT2D eigenvalue weighted by atomic mass is 19.1. The third-order valence-corrected chi connectivity index (χ3v) is 5.05. The number of hydrogen-bond donors (Lipinski definition) is 4. The van der Waals surface area contributed by atoms with Crippen LogP contribution >= 0.6 is 0 Å². The molecule has 0 aliphatic carbocycles. The normalized spacial score (nSPS) is 20.7. The van der Waals surface area contributed by atoms with Crippen molar-refractivity contribution in [3.05, 3.63) is 65.7 Å². The summed E-state index contributed by atoms with van der Waals surface area (Å²) in [6, 6.07) is 10.6. The van der Waals surface area contributed by atoms with Crippen molar-refractivity contribution >= 4 is 17.6 Å². The van der Waals surface area contributed by atoms with E-state index in [-0.39, 0.29) is 37.0 Å². The van der Waals surface area contributed by atoms with Crippen LogP contribution in [0.15, 0.2) is 48.5 Å². The molecule has 0 radical (unpaired) electrons. The Morgan fingerprint density at radius 1 is 1.06 bits per heavy atom. The van der Waals surface area contributed by atoms with E-state index < -0.39 is 30.1 Å². The summed E-state index contributed by atoms with van der Waals surface area (Å²) in [4.78, 5) is 24.4. The van der Waals surface area contributed by atoms with E-state index in [1.165, 1.54) is 30.3 Å². The number of anilines is 1. The van der Waals surface area contributed by atoms with Gasteiger partial charge in [0, 0.05) is 6.54 Å². The number of nitrogens with one attached hydrogen (secondary N) is 3. The molecular weight excluding hydrogens is 408 g/mol. The molecule has 3 amide bonds. The average molecular weight is 433 g/mol. The Kier molecular flexibility index (Phi) is 7.91. The van der Waals surface area contributed by atoms with Crippen LogP contribution in [0.4, 0.5) is 19.3 Å². The summed E-state index contributed by atoms with van der Waals surface area (Å²) < 4.78 is 32.4. The number of para-hydroxylation sites is 1. The Morgan fingerprint density at radius 3 is 2.52 bits per heavy atom. The first-order valence-electron chi connectivity index (χ1n) is 10.0. The van der Waals surface area contributed by atoms with Crippen molar-refractivity contribution in [2.75, 3.05) is 11.9 Å². The number of amides is 3. The maximum atomic E-state index is 13.7. The summed E-state index contributed by atoms with van der Waals surface area (Å²) in [6.07, 6.45) is 0.0102. The lowest BCUT2D eigenvalue weighted by molar-refractivity contribution is -0.130. The third kappa shape index (κ3) is 6.73. The number of carbonyl (C=O) groups excluding carboxylic acids is 2. The monoisotopic (exact) mass is 433 g/mol. The van der Waals surface area contributed by atoms with Crippen LogP contribution in [0.5, 0.6) is 0 Å². The quantitative estimate of drug-likeness (QED) is 0.540. The van der Waals surface area contributed by atoms with Crippen molar-refractivity contribution in [3.8, 4) is 0 Å². The smallest absolute Gasteiger partial charge is 0.319 e. The summed E-state index contributed by atoms with van der Waals surface area (Å²) in [5.41, 5.74) is 0.825. The first-order chi connectivity index (χ1) is 14.9. The molecule has 2 aromatic rings. The zero-order valence-electron chi connectivity index (χ0n) is 16.8. The maximum Gasteiger partial charge on any atom is 0.319 e. The lowest BCUT2D eigenvalue weighted by Gasteiger charge is -2.35. The largest absolute Gasteiger partial charge is 0.394 e. The number of ether oxygens (including phenoxy) is 1. The topological polar surface area (TPSA) is 99.7 Å². The minimum atomic E-state index is -0.685. The van der Waals surface area contributed by atoms with Crippen molar-refractivity contribution in [2.45, 2.75) is 44.1 Å². The Labute approximate surface area is 178 Å². The SMILES string of the molecule is O=C(C[C@H]1CC[C@H](NC(=O)Nc2ccccc2F)[C@@H](CO)O1)NCc1ccc(F)cc1. The van der Waals surface area contributed by atoms with Gasteiger partial charge in [-0.2, -0.15) is 0 Å². The molecular formula is C22H25F2N3O4. The fourth-order valence-electron chi connectivity index (χ4n) is 3.42. The van der Waals surface area contributed by atoms with Gasteiger partial charge in [-0.3, -0.25) is 4.79 Å². The van der Waals surface area contributed by atoms with Gasteiger partial charge in [-0.15, -0.1) is 0 Å². The molecule has 1 heterocycles. The summed E-state index contributed by atoms with van der Waals surface area (Å²) in [5, 5.41) is 17.5. The summed E-state index contributed by atoms with van der Waals surface area (Å²) in [7, 11) is 0. The molecule has 1 fully saturated rings. The molecule has 0 bridgehead atoms. The number of benzene rings is 2. The highest BCUT2D eigenvalue weighted by Gasteiger charge is 2.33. The highest BCUT2D eigenvalue weighted by Crippen LogP contribution is 2.22. The first-order valence-corrected chi connectivity index (χ1v) is 10.0. The molecule has 3 rings (SSSR count). The fourth-order valence-corrected chi connectivity index (χ4v) is 3.42. The van der Waals surface area contributed by atoms with Gasteiger partial charge in [0.2, 0.25) is 5.91 Å². The zero-order chi connectivity index (χ0) is 22.2. The van der Waals surface area contributed by atoms with E-state index in [9.17, 15) is 23.5 Å². The van der Waals surface area contributed by atoms with Gasteiger partial charge in [-0.05, 0) is 42.7 Å². The lowest BCUT2D eigenvalue weighted by Crippen LogP contribution is -2.52. The standard InChI is InChI=1S/C22H25F2N3O4/c23-15-7-5-14(6-8-15)12-25-21(29)11-16-9-10-19(20(13-28)31-16)27-22(30)26-18-4-2-1-3-17(18)24/h1-8,16,19-20,28H,9-13H2,(H,25,29)(H2,26,27,30)/t16-,19+,20-/m1/s1. The second kappa shape index (κ2) is 10.8. The second-order valence-corrected chi connectivity index (χ2v) is 7.35. The minimum Gasteiger partial charge on any atom is -0.394 e. The van der Waals surface area contributed by atoms with Crippen LogP contribution in [0.25, 0.3) is 0 Å². The average Bonchev–Trinajstić information content (AvgIpc) is 2.76. The summed E-state index contributed by atoms with van der Waals surface area (Å²) >= 11 is 0. The van der Waals surface area contributed by atoms with Crippen molar-refractivity contribution < 1.29 is 28.2 Å². The van der Waals surface area contributed by atoms with Crippen LogP contribution < -0.4 is 16.0 Å². The summed E-state index contributed by atoms with van der Waals surface area (Å²) in [6.45, 7) is -0.0615. The number of hydrogen-bond acceptors (Lipinski definition) is 4. The molecule has 166 valence electrons. The molecule has 31 heavy (non-hydrogen) atoms. The van der Waals surface area contributed by atoms with E-state index in [2.05, 4.69) is 16.0 Å². The second-order valence-electron chi connectivity index (χ2n) is 7.35. The van der Waals surface area contributed by atoms with Crippen LogP contribution in [0.3, 0.4) is 0 Å². The Morgan fingerprint density at radius 2 is 1.81 bits per heavy atom. The highest BCUT2D eigenvalue weighted by molar-refractivity contribution is 5.89. The van der Waals surface area contributed by atoms with Crippen LogP contribution in [0, 0.1) is 11.6 Å². The van der Waals surface area contributed by atoms with E-state index in [1.807, 2.05) is 0 Å². The zero-order valence-corrected chi connectivity index (χ0v) is 16.8. The molecule has 1 saturated heterocycles. The van der Waals surface area contributed by atoms with Gasteiger partial charge in [0.15, 0.2) is 0 Å². The van der Waals surface area contributed by atoms with Crippen LogP contribution in [0.1, 0.15) is 24.8 Å². The Bertz CT molecular complexity index is 895. The molecule has 3 atom stereocenters. The van der Waals surface area contributed by atoms with Gasteiger partial charge >= 0.3 is 6.03 Å². The Balaban J connectivity index is 1.45. The molecule has 0 unspecified atom stereocenters. The molecule has 1 aliphatic heterocycles. The number of aliphatic hydroxyl groups is 1. The number of rotatable bonds is 7. The molecule has 0 spiro atoms. The Hall–Kier alpha value is -3.04. The molecule has 0 aromatic heterocycles. The van der Waals surface area contributed by atoms with Gasteiger partial charge in [-0.25, -0.2) is 13.6 Å². The molecule has 9 heteroatoms. The van der Waals surface area contributed by atoms with Crippen molar-refractivity contribution in [2.24, 2.45) is 0 Å². The van der Waals surface area contributed by atoms with Gasteiger partial charge < -0.3 is 25.8 Å². The van der Waals surface area contributed by atoms with E-state index in [1.54, 1.807) is 18.2 Å². The van der Waals surface area contributed by atoms with Crippen LogP contribution in [-0.4, -0.2) is 41.9 Å². The predicted molar refractivity (Wildman–Crippen MR) is 110 cm³/mol. The van der Waals surface area contributed by atoms with E-state index >= 15 is 0 Å². The fraction of sp³-hybridized carbons (Fsp3) is 0.364. The molecule has 4 N–H and O–H groups in total.